The first-order valence-electron chi connectivity index (χ1n) is 3.28. The standard InChI is InChI=1S/C8H8F3/c1-6-2-4-7(5-3-6)8(9,10)11/h2-4H,5H2,1H3. The first-order valence-corrected chi connectivity index (χ1v) is 3.28. The Labute approximate surface area is 63.4 Å². The molecule has 1 radical (unpaired) electrons. The van der Waals surface area contributed by atoms with Gasteiger partial charge in [-0.15, -0.1) is 0 Å². The molecule has 0 aromatic carbocycles. The average molecular weight is 161 g/mol. The summed E-state index contributed by atoms with van der Waals surface area (Å²) in [6.45, 7) is 1.78. The zero-order chi connectivity index (χ0) is 8.48. The van der Waals surface area contributed by atoms with Crippen molar-refractivity contribution in [2.75, 3.05) is 0 Å². The molecule has 0 aliphatic heterocycles. The molecular weight excluding hydrogens is 153 g/mol. The van der Waals surface area contributed by atoms with Gasteiger partial charge in [0.05, 0.1) is 0 Å². The SMILES string of the molecule is CC1=CC=C(C(F)(F)F)C[CH]1. The predicted octanol–water partition coefficient (Wildman–Crippen LogP) is 3.03. The van der Waals surface area contributed by atoms with Crippen LogP contribution in [0.4, 0.5) is 13.2 Å². The molecule has 0 aromatic heterocycles. The van der Waals surface area contributed by atoms with E-state index in [2.05, 4.69) is 0 Å². The van der Waals surface area contributed by atoms with Gasteiger partial charge >= 0.3 is 6.18 Å². The molecule has 0 saturated heterocycles. The van der Waals surface area contributed by atoms with Crippen LogP contribution in [-0.2, 0) is 0 Å². The Hall–Kier alpha value is -0.730. The highest BCUT2D eigenvalue weighted by atomic mass is 19.4. The molecule has 0 fully saturated rings. The highest BCUT2D eigenvalue weighted by molar-refractivity contribution is 5.31. The Balaban J connectivity index is 2.77. The van der Waals surface area contributed by atoms with Gasteiger partial charge in [-0.1, -0.05) is 17.7 Å². The third-order valence-corrected chi connectivity index (χ3v) is 1.56. The van der Waals surface area contributed by atoms with Gasteiger partial charge in [0.15, 0.2) is 0 Å². The summed E-state index contributed by atoms with van der Waals surface area (Å²) < 4.78 is 35.9. The van der Waals surface area contributed by atoms with Crippen LogP contribution < -0.4 is 0 Å². The van der Waals surface area contributed by atoms with E-state index < -0.39 is 11.7 Å². The molecule has 0 N–H and O–H groups in total. The molecule has 0 saturated carbocycles. The molecule has 0 heterocycles. The van der Waals surface area contributed by atoms with Crippen molar-refractivity contribution in [2.24, 2.45) is 0 Å². The molecule has 0 spiro atoms. The quantitative estimate of drug-likeness (QED) is 0.512. The molecule has 1 aliphatic carbocycles. The van der Waals surface area contributed by atoms with Crippen LogP contribution >= 0.6 is 0 Å². The Morgan fingerprint density at radius 1 is 1.27 bits per heavy atom. The summed E-state index contributed by atoms with van der Waals surface area (Å²) in [4.78, 5) is 0. The predicted molar refractivity (Wildman–Crippen MR) is 36.8 cm³/mol. The fourth-order valence-electron chi connectivity index (χ4n) is 0.849. The highest BCUT2D eigenvalue weighted by Crippen LogP contribution is 2.31. The number of hydrogen-bond acceptors (Lipinski definition) is 0. The Bertz CT molecular complexity index is 208. The van der Waals surface area contributed by atoms with Crippen LogP contribution in [0.2, 0.25) is 0 Å². The number of halogens is 3. The monoisotopic (exact) mass is 161 g/mol. The van der Waals surface area contributed by atoms with Crippen molar-refractivity contribution in [1.29, 1.82) is 0 Å². The van der Waals surface area contributed by atoms with E-state index in [9.17, 15) is 13.2 Å². The Kier molecular flexibility index (Phi) is 2.07. The lowest BCUT2D eigenvalue weighted by atomic mass is 9.99. The van der Waals surface area contributed by atoms with Crippen molar-refractivity contribution in [1.82, 2.24) is 0 Å². The van der Waals surface area contributed by atoms with E-state index in [-0.39, 0.29) is 6.42 Å². The second kappa shape index (κ2) is 2.72. The van der Waals surface area contributed by atoms with Gasteiger partial charge in [-0.05, 0) is 19.8 Å². The molecular formula is C8H8F3. The van der Waals surface area contributed by atoms with Crippen LogP contribution in [0.25, 0.3) is 0 Å². The van der Waals surface area contributed by atoms with E-state index in [1.807, 2.05) is 0 Å². The van der Waals surface area contributed by atoms with Crippen molar-refractivity contribution in [3.05, 3.63) is 29.7 Å². The van der Waals surface area contributed by atoms with Crippen LogP contribution in [0.5, 0.6) is 0 Å². The van der Waals surface area contributed by atoms with Crippen molar-refractivity contribution >= 4 is 0 Å². The lowest BCUT2D eigenvalue weighted by Gasteiger charge is -2.14. The fraction of sp³-hybridized carbons (Fsp3) is 0.375. The maximum atomic E-state index is 12.0. The fourth-order valence-corrected chi connectivity index (χ4v) is 0.849. The van der Waals surface area contributed by atoms with E-state index in [1.165, 1.54) is 6.08 Å². The van der Waals surface area contributed by atoms with Gasteiger partial charge in [-0.2, -0.15) is 13.2 Å². The molecule has 0 bridgehead atoms. The Morgan fingerprint density at radius 3 is 2.27 bits per heavy atom. The molecule has 0 nitrogen and oxygen atoms in total. The smallest absolute Gasteiger partial charge is 0.166 e. The minimum atomic E-state index is -4.16. The van der Waals surface area contributed by atoms with Gasteiger partial charge in [0.1, 0.15) is 0 Å². The minimum absolute atomic E-state index is 0.00579. The lowest BCUT2D eigenvalue weighted by Crippen LogP contribution is -2.13. The number of hydrogen-bond donors (Lipinski definition) is 0. The summed E-state index contributed by atoms with van der Waals surface area (Å²) in [5, 5.41) is 0. The van der Waals surface area contributed by atoms with Gasteiger partial charge in [0.2, 0.25) is 0 Å². The first-order chi connectivity index (χ1) is 5.00. The molecule has 3 heteroatoms. The highest BCUT2D eigenvalue weighted by Gasteiger charge is 2.33. The Morgan fingerprint density at radius 2 is 1.91 bits per heavy atom. The largest absolute Gasteiger partial charge is 0.412 e. The van der Waals surface area contributed by atoms with Crippen molar-refractivity contribution in [3.63, 3.8) is 0 Å². The van der Waals surface area contributed by atoms with Crippen LogP contribution in [0, 0.1) is 6.42 Å². The second-order valence-corrected chi connectivity index (χ2v) is 2.51. The minimum Gasteiger partial charge on any atom is -0.166 e. The summed E-state index contributed by atoms with van der Waals surface area (Å²) in [6.07, 6.45) is 0.0318. The number of allylic oxidation sites excluding steroid dienone is 4. The second-order valence-electron chi connectivity index (χ2n) is 2.51. The van der Waals surface area contributed by atoms with Gasteiger partial charge in [0, 0.05) is 5.57 Å². The van der Waals surface area contributed by atoms with Gasteiger partial charge in [-0.25, -0.2) is 0 Å². The zero-order valence-electron chi connectivity index (χ0n) is 6.07. The van der Waals surface area contributed by atoms with Gasteiger partial charge in [0.25, 0.3) is 0 Å². The third kappa shape index (κ3) is 2.10. The normalized spacial score (nSPS) is 19.3. The molecule has 0 amide bonds. The summed E-state index contributed by atoms with van der Waals surface area (Å²) in [5.74, 6) is 0. The summed E-state index contributed by atoms with van der Waals surface area (Å²) in [7, 11) is 0. The van der Waals surface area contributed by atoms with E-state index in [0.29, 0.717) is 0 Å². The van der Waals surface area contributed by atoms with Gasteiger partial charge in [-0.3, -0.25) is 0 Å². The van der Waals surface area contributed by atoms with E-state index >= 15 is 0 Å². The van der Waals surface area contributed by atoms with Crippen LogP contribution in [0.3, 0.4) is 0 Å². The summed E-state index contributed by atoms with van der Waals surface area (Å²) in [6, 6.07) is 0. The molecule has 1 rings (SSSR count). The maximum Gasteiger partial charge on any atom is 0.412 e. The molecule has 0 aromatic rings. The van der Waals surface area contributed by atoms with E-state index in [0.717, 1.165) is 11.6 Å². The molecule has 11 heavy (non-hydrogen) atoms. The van der Waals surface area contributed by atoms with E-state index in [4.69, 9.17) is 0 Å². The first kappa shape index (κ1) is 8.37. The topological polar surface area (TPSA) is 0 Å². The lowest BCUT2D eigenvalue weighted by molar-refractivity contribution is -0.0933. The third-order valence-electron chi connectivity index (χ3n) is 1.56. The summed E-state index contributed by atoms with van der Waals surface area (Å²) in [5.41, 5.74) is 0.418. The number of rotatable bonds is 0. The molecule has 0 atom stereocenters. The summed E-state index contributed by atoms with van der Waals surface area (Å²) >= 11 is 0. The molecule has 0 unspecified atom stereocenters. The zero-order valence-corrected chi connectivity index (χ0v) is 6.07. The van der Waals surface area contributed by atoms with E-state index in [1.54, 1.807) is 13.3 Å². The van der Waals surface area contributed by atoms with Gasteiger partial charge < -0.3 is 0 Å². The molecule has 1 aliphatic rings. The van der Waals surface area contributed by atoms with Crippen LogP contribution in [-0.4, -0.2) is 6.18 Å². The van der Waals surface area contributed by atoms with Crippen LogP contribution in [0.15, 0.2) is 23.3 Å². The van der Waals surface area contributed by atoms with Crippen molar-refractivity contribution < 1.29 is 13.2 Å². The maximum absolute atomic E-state index is 12.0. The van der Waals surface area contributed by atoms with Crippen molar-refractivity contribution in [2.45, 2.75) is 19.5 Å². The van der Waals surface area contributed by atoms with Crippen molar-refractivity contribution in [3.8, 4) is 0 Å². The number of alkyl halides is 3. The van der Waals surface area contributed by atoms with Crippen LogP contribution in [0.1, 0.15) is 13.3 Å². The average Bonchev–Trinajstić information content (AvgIpc) is 1.86. The molecule has 61 valence electrons.